The van der Waals surface area contributed by atoms with Crippen LogP contribution in [-0.2, 0) is 9.47 Å². The van der Waals surface area contributed by atoms with Crippen molar-refractivity contribution in [3.05, 3.63) is 35.9 Å². The van der Waals surface area contributed by atoms with Crippen LogP contribution < -0.4 is 0 Å². The summed E-state index contributed by atoms with van der Waals surface area (Å²) in [5.74, 6) is 0. The highest BCUT2D eigenvalue weighted by Crippen LogP contribution is 2.37. The van der Waals surface area contributed by atoms with Crippen molar-refractivity contribution in [2.24, 2.45) is 9.98 Å². The van der Waals surface area contributed by atoms with Gasteiger partial charge in [-0.3, -0.25) is 4.99 Å². The van der Waals surface area contributed by atoms with E-state index in [-0.39, 0.29) is 12.3 Å². The van der Waals surface area contributed by atoms with Gasteiger partial charge in [0.05, 0.1) is 17.4 Å². The van der Waals surface area contributed by atoms with Crippen LogP contribution >= 0.6 is 0 Å². The van der Waals surface area contributed by atoms with Gasteiger partial charge in [-0.2, -0.15) is 0 Å². The van der Waals surface area contributed by atoms with Crippen LogP contribution in [0.4, 0.5) is 5.69 Å². The highest BCUT2D eigenvalue weighted by molar-refractivity contribution is 6.34. The van der Waals surface area contributed by atoms with Gasteiger partial charge < -0.3 is 9.47 Å². The van der Waals surface area contributed by atoms with Gasteiger partial charge in [-0.15, -0.1) is 0 Å². The number of nitrogens with zero attached hydrogens (tertiary/aromatic N) is 2. The van der Waals surface area contributed by atoms with Crippen LogP contribution in [0, 0.1) is 0 Å². The predicted molar refractivity (Wildman–Crippen MR) is 76.2 cm³/mol. The molecule has 1 unspecified atom stereocenters. The lowest BCUT2D eigenvalue weighted by Crippen LogP contribution is -2.28. The molecule has 0 N–H and O–H groups in total. The zero-order valence-electron chi connectivity index (χ0n) is 11.0. The van der Waals surface area contributed by atoms with Crippen LogP contribution in [0.5, 0.6) is 0 Å². The molecule has 2 heterocycles. The van der Waals surface area contributed by atoms with Crippen molar-refractivity contribution < 1.29 is 9.47 Å². The molecule has 1 atom stereocenters. The smallest absolute Gasteiger partial charge is 0.159 e. The highest BCUT2D eigenvalue weighted by Gasteiger charge is 2.30. The van der Waals surface area contributed by atoms with Gasteiger partial charge in [0.25, 0.3) is 0 Å². The van der Waals surface area contributed by atoms with Crippen LogP contribution in [0.3, 0.4) is 0 Å². The van der Waals surface area contributed by atoms with E-state index in [1.165, 1.54) is 11.1 Å². The molecule has 2 aliphatic rings. The number of allylic oxidation sites excluding steroid dienone is 1. The Morgan fingerprint density at radius 1 is 1.21 bits per heavy atom. The number of hydrogen-bond donors (Lipinski definition) is 0. The van der Waals surface area contributed by atoms with Crippen LogP contribution in [0.1, 0.15) is 12.0 Å². The second-order valence-electron chi connectivity index (χ2n) is 4.55. The third kappa shape index (κ3) is 2.13. The Balaban J connectivity index is 1.89. The SMILES string of the molecule is COC(CC1N=CC=C2C1=Nc1ccccc12)OC. The molecule has 1 aromatic carbocycles. The van der Waals surface area contributed by atoms with Gasteiger partial charge in [0.1, 0.15) is 0 Å². The number of methoxy groups -OCH3 is 2. The summed E-state index contributed by atoms with van der Waals surface area (Å²) in [5.41, 5.74) is 4.38. The van der Waals surface area contributed by atoms with Crippen LogP contribution in [0.15, 0.2) is 40.3 Å². The Labute approximate surface area is 112 Å². The molecule has 0 saturated heterocycles. The maximum atomic E-state index is 5.26. The summed E-state index contributed by atoms with van der Waals surface area (Å²) in [6.07, 6.45) is 4.29. The molecule has 4 heteroatoms. The molecule has 0 fully saturated rings. The van der Waals surface area contributed by atoms with Gasteiger partial charge in [-0.25, -0.2) is 4.99 Å². The number of aliphatic imine (C=N–C) groups is 2. The monoisotopic (exact) mass is 256 g/mol. The van der Waals surface area contributed by atoms with Gasteiger partial charge >= 0.3 is 0 Å². The zero-order chi connectivity index (χ0) is 13.2. The average Bonchev–Trinajstić information content (AvgIpc) is 2.84. The first-order valence-electron chi connectivity index (χ1n) is 6.31. The Hall–Kier alpha value is -1.78. The molecule has 1 aromatic rings. The van der Waals surface area contributed by atoms with E-state index in [1.807, 2.05) is 30.5 Å². The van der Waals surface area contributed by atoms with Crippen molar-refractivity contribution in [3.8, 4) is 0 Å². The zero-order valence-corrected chi connectivity index (χ0v) is 11.0. The van der Waals surface area contributed by atoms with E-state index in [2.05, 4.69) is 11.1 Å². The minimum absolute atomic E-state index is 0.00250. The van der Waals surface area contributed by atoms with Crippen molar-refractivity contribution in [1.82, 2.24) is 0 Å². The van der Waals surface area contributed by atoms with Crippen LogP contribution in [0.2, 0.25) is 0 Å². The standard InChI is InChI=1S/C15H16N2O2/c1-18-14(19-2)9-13-15-11(7-8-16-13)10-5-3-4-6-12(10)17-15/h3-8,13-14H,9H2,1-2H3. The van der Waals surface area contributed by atoms with Crippen molar-refractivity contribution in [1.29, 1.82) is 0 Å². The molecular weight excluding hydrogens is 240 g/mol. The molecule has 19 heavy (non-hydrogen) atoms. The van der Waals surface area contributed by atoms with Gasteiger partial charge in [0.2, 0.25) is 0 Å². The molecule has 4 nitrogen and oxygen atoms in total. The van der Waals surface area contributed by atoms with Gasteiger partial charge in [0.15, 0.2) is 6.29 Å². The molecule has 0 amide bonds. The first-order valence-corrected chi connectivity index (χ1v) is 6.31. The molecule has 0 saturated carbocycles. The van der Waals surface area contributed by atoms with Crippen LogP contribution in [0.25, 0.3) is 5.57 Å². The lowest BCUT2D eigenvalue weighted by atomic mass is 9.95. The van der Waals surface area contributed by atoms with Crippen LogP contribution in [-0.4, -0.2) is 38.5 Å². The Kier molecular flexibility index (Phi) is 3.27. The first-order chi connectivity index (χ1) is 9.33. The van der Waals surface area contributed by atoms with Gasteiger partial charge in [-0.1, -0.05) is 18.2 Å². The highest BCUT2D eigenvalue weighted by atomic mass is 16.7. The quantitative estimate of drug-likeness (QED) is 0.777. The Bertz CT molecular complexity index is 571. The number of rotatable bonds is 4. The fourth-order valence-corrected chi connectivity index (χ4v) is 2.49. The summed E-state index contributed by atoms with van der Waals surface area (Å²) in [5, 5.41) is 0. The second-order valence-corrected chi connectivity index (χ2v) is 4.55. The first kappa shape index (κ1) is 12.3. The number of para-hydroxylation sites is 1. The molecule has 0 radical (unpaired) electrons. The summed E-state index contributed by atoms with van der Waals surface area (Å²) >= 11 is 0. The summed E-state index contributed by atoms with van der Waals surface area (Å²) in [4.78, 5) is 9.20. The summed E-state index contributed by atoms with van der Waals surface area (Å²) in [7, 11) is 3.28. The van der Waals surface area contributed by atoms with E-state index in [0.717, 1.165) is 11.4 Å². The third-order valence-corrected chi connectivity index (χ3v) is 3.48. The predicted octanol–water partition coefficient (Wildman–Crippen LogP) is 2.62. The van der Waals surface area contributed by atoms with E-state index in [4.69, 9.17) is 14.5 Å². The number of fused-ring (bicyclic) bond motifs is 3. The summed E-state index contributed by atoms with van der Waals surface area (Å²) in [6, 6.07) is 8.16. The molecule has 0 spiro atoms. The van der Waals surface area contributed by atoms with Crippen molar-refractivity contribution >= 4 is 23.2 Å². The topological polar surface area (TPSA) is 43.2 Å². The molecular formula is C15H16N2O2. The Morgan fingerprint density at radius 2 is 2.00 bits per heavy atom. The average molecular weight is 256 g/mol. The number of hydrogen-bond acceptors (Lipinski definition) is 4. The fourth-order valence-electron chi connectivity index (χ4n) is 2.49. The van der Waals surface area contributed by atoms with Crippen molar-refractivity contribution in [2.75, 3.05) is 14.2 Å². The lowest BCUT2D eigenvalue weighted by Gasteiger charge is -2.21. The molecule has 98 valence electrons. The van der Waals surface area contributed by atoms with E-state index >= 15 is 0 Å². The van der Waals surface area contributed by atoms with Crippen molar-refractivity contribution in [3.63, 3.8) is 0 Å². The minimum atomic E-state index is -0.257. The molecule has 2 aliphatic heterocycles. The number of dihydropyridines is 1. The van der Waals surface area contributed by atoms with Crippen molar-refractivity contribution in [2.45, 2.75) is 18.8 Å². The van der Waals surface area contributed by atoms with E-state index in [0.29, 0.717) is 6.42 Å². The number of ether oxygens (including phenoxy) is 2. The summed E-state index contributed by atoms with van der Waals surface area (Å²) < 4.78 is 10.5. The van der Waals surface area contributed by atoms with E-state index in [9.17, 15) is 0 Å². The third-order valence-electron chi connectivity index (χ3n) is 3.48. The maximum Gasteiger partial charge on any atom is 0.159 e. The molecule has 0 aromatic heterocycles. The van der Waals surface area contributed by atoms with E-state index in [1.54, 1.807) is 14.2 Å². The maximum absolute atomic E-state index is 5.26. The van der Waals surface area contributed by atoms with Gasteiger partial charge in [-0.05, 0) is 12.1 Å². The normalized spacial score (nSPS) is 20.1. The van der Waals surface area contributed by atoms with Gasteiger partial charge in [0, 0.05) is 38.0 Å². The molecule has 0 bridgehead atoms. The molecule has 3 rings (SSSR count). The Morgan fingerprint density at radius 3 is 2.79 bits per heavy atom. The van der Waals surface area contributed by atoms with E-state index < -0.39 is 0 Å². The largest absolute Gasteiger partial charge is 0.356 e. The molecule has 0 aliphatic carbocycles. The lowest BCUT2D eigenvalue weighted by molar-refractivity contribution is -0.106. The number of benzene rings is 1. The summed E-state index contributed by atoms with van der Waals surface area (Å²) in [6.45, 7) is 0. The second kappa shape index (κ2) is 5.07. The minimum Gasteiger partial charge on any atom is -0.356 e. The fraction of sp³-hybridized carbons (Fsp3) is 0.333.